The Labute approximate surface area is 198 Å². The van der Waals surface area contributed by atoms with E-state index in [9.17, 15) is 19.2 Å². The number of likely N-dealkylation sites (N-methyl/N-ethyl adjacent to an activating group) is 1. The van der Waals surface area contributed by atoms with Gasteiger partial charge in [0.05, 0.1) is 15.6 Å². The summed E-state index contributed by atoms with van der Waals surface area (Å²) in [6, 6.07) is 11.2. The van der Waals surface area contributed by atoms with Gasteiger partial charge in [-0.15, -0.1) is 0 Å². The third-order valence-corrected chi connectivity index (χ3v) is 5.74. The minimum absolute atomic E-state index is 0.0908. The van der Waals surface area contributed by atoms with Crippen LogP contribution in [0, 0.1) is 0 Å². The SMILES string of the molecule is CC(=O)N=C1N(/C=C2\C(=O)Oc3ccccc3C2=O)C(=O)/C(=C/c2cccc(Cl)c2Cl)N1C. The summed E-state index contributed by atoms with van der Waals surface area (Å²) < 4.78 is 5.22. The molecule has 2 heterocycles. The molecule has 8 nitrogen and oxygen atoms in total. The van der Waals surface area contributed by atoms with E-state index in [1.54, 1.807) is 30.3 Å². The molecule has 0 aliphatic carbocycles. The predicted molar refractivity (Wildman–Crippen MR) is 122 cm³/mol. The van der Waals surface area contributed by atoms with Gasteiger partial charge < -0.3 is 9.64 Å². The number of benzene rings is 2. The summed E-state index contributed by atoms with van der Waals surface area (Å²) in [6.07, 6.45) is 2.50. The van der Waals surface area contributed by atoms with Gasteiger partial charge in [0.25, 0.3) is 5.91 Å². The van der Waals surface area contributed by atoms with Crippen molar-refractivity contribution in [3.05, 3.63) is 81.1 Å². The van der Waals surface area contributed by atoms with Crippen LogP contribution in [0.3, 0.4) is 0 Å². The van der Waals surface area contributed by atoms with Crippen LogP contribution in [0.1, 0.15) is 22.8 Å². The standard InChI is InChI=1S/C23H15Cl2N3O5/c1-12(29)26-23-27(2)17(10-13-6-5-8-16(24)19(13)25)21(31)28(23)11-15-20(30)14-7-3-4-9-18(14)33-22(15)32/h3-11H,1-2H3/b15-11-,17-10-,26-23?. The van der Waals surface area contributed by atoms with Crippen molar-refractivity contribution >= 4 is 58.8 Å². The molecule has 2 aliphatic rings. The zero-order chi connectivity index (χ0) is 23.9. The Balaban J connectivity index is 1.82. The largest absolute Gasteiger partial charge is 0.422 e. The number of carbonyl (C=O) groups excluding carboxylic acids is 4. The highest BCUT2D eigenvalue weighted by atomic mass is 35.5. The number of halogens is 2. The number of esters is 1. The molecule has 10 heteroatoms. The Bertz CT molecular complexity index is 1330. The molecule has 1 fully saturated rings. The monoisotopic (exact) mass is 483 g/mol. The van der Waals surface area contributed by atoms with E-state index >= 15 is 0 Å². The van der Waals surface area contributed by atoms with Gasteiger partial charge in [-0.3, -0.25) is 19.3 Å². The van der Waals surface area contributed by atoms with Crippen LogP contribution in [0.4, 0.5) is 0 Å². The zero-order valence-electron chi connectivity index (χ0n) is 17.3. The maximum Gasteiger partial charge on any atom is 0.349 e. The maximum absolute atomic E-state index is 13.3. The Morgan fingerprint density at radius 1 is 1.06 bits per heavy atom. The van der Waals surface area contributed by atoms with E-state index in [-0.39, 0.29) is 33.6 Å². The molecule has 0 spiro atoms. The summed E-state index contributed by atoms with van der Waals surface area (Å²) in [5, 5.41) is 0.530. The molecule has 0 bridgehead atoms. The molecule has 0 aromatic heterocycles. The summed E-state index contributed by atoms with van der Waals surface area (Å²) in [6.45, 7) is 1.21. The first-order valence-corrected chi connectivity index (χ1v) is 10.3. The van der Waals surface area contributed by atoms with Crippen LogP contribution >= 0.6 is 23.2 Å². The molecule has 1 saturated heterocycles. The number of aliphatic imine (C=N–C) groups is 1. The molecule has 2 aromatic rings. The highest BCUT2D eigenvalue weighted by Crippen LogP contribution is 2.32. The van der Waals surface area contributed by atoms with E-state index in [0.717, 1.165) is 11.1 Å². The Kier molecular flexibility index (Phi) is 5.88. The van der Waals surface area contributed by atoms with Crippen molar-refractivity contribution in [2.75, 3.05) is 7.05 Å². The molecular weight excluding hydrogens is 469 g/mol. The second-order valence-electron chi connectivity index (χ2n) is 7.10. The Hall–Kier alpha value is -3.75. The van der Waals surface area contributed by atoms with Crippen LogP contribution in [0.2, 0.25) is 10.0 Å². The molecule has 0 unspecified atom stereocenters. The average Bonchev–Trinajstić information content (AvgIpc) is 2.98. The molecule has 2 aromatic carbocycles. The van der Waals surface area contributed by atoms with Gasteiger partial charge >= 0.3 is 5.97 Å². The summed E-state index contributed by atoms with van der Waals surface area (Å²) in [5.74, 6) is -2.73. The third kappa shape index (κ3) is 4.06. The fourth-order valence-corrected chi connectivity index (χ4v) is 3.69. The summed E-state index contributed by atoms with van der Waals surface area (Å²) in [5.41, 5.74) is 0.342. The van der Waals surface area contributed by atoms with Gasteiger partial charge in [-0.25, -0.2) is 4.79 Å². The van der Waals surface area contributed by atoms with Crippen molar-refractivity contribution in [2.45, 2.75) is 6.92 Å². The number of rotatable bonds is 2. The fraction of sp³-hybridized carbons (Fsp3) is 0.0870. The van der Waals surface area contributed by atoms with Crippen molar-refractivity contribution in [2.24, 2.45) is 4.99 Å². The Morgan fingerprint density at radius 3 is 2.52 bits per heavy atom. The van der Waals surface area contributed by atoms with Gasteiger partial charge in [0.15, 0.2) is 0 Å². The average molecular weight is 484 g/mol. The lowest BCUT2D eigenvalue weighted by Crippen LogP contribution is -2.33. The molecule has 2 amide bonds. The number of amides is 2. The molecule has 0 atom stereocenters. The van der Waals surface area contributed by atoms with Crippen molar-refractivity contribution in [3.8, 4) is 5.75 Å². The molecule has 33 heavy (non-hydrogen) atoms. The van der Waals surface area contributed by atoms with Gasteiger partial charge in [0.1, 0.15) is 17.0 Å². The highest BCUT2D eigenvalue weighted by molar-refractivity contribution is 6.43. The van der Waals surface area contributed by atoms with Crippen LogP contribution in [0.15, 0.2) is 64.9 Å². The predicted octanol–water partition coefficient (Wildman–Crippen LogP) is 3.70. The van der Waals surface area contributed by atoms with E-state index in [2.05, 4.69) is 4.99 Å². The second-order valence-corrected chi connectivity index (χ2v) is 7.88. The lowest BCUT2D eigenvalue weighted by Gasteiger charge is -2.19. The third-order valence-electron chi connectivity index (χ3n) is 4.90. The van der Waals surface area contributed by atoms with Crippen LogP contribution in [0.25, 0.3) is 6.08 Å². The Morgan fingerprint density at radius 2 is 1.79 bits per heavy atom. The van der Waals surface area contributed by atoms with Crippen molar-refractivity contribution in [1.82, 2.24) is 9.80 Å². The smallest absolute Gasteiger partial charge is 0.349 e. The first kappa shape index (κ1) is 22.4. The summed E-state index contributed by atoms with van der Waals surface area (Å²) in [7, 11) is 1.51. The quantitative estimate of drug-likeness (QED) is 0.279. The lowest BCUT2D eigenvalue weighted by atomic mass is 10.0. The number of carbonyl (C=O) groups is 4. The molecular formula is C23H15Cl2N3O5. The summed E-state index contributed by atoms with van der Waals surface area (Å²) in [4.78, 5) is 56.6. The first-order valence-electron chi connectivity index (χ1n) is 9.59. The van der Waals surface area contributed by atoms with Gasteiger partial charge in [-0.05, 0) is 29.8 Å². The first-order chi connectivity index (χ1) is 15.7. The van der Waals surface area contributed by atoms with Crippen LogP contribution in [-0.4, -0.2) is 46.4 Å². The van der Waals surface area contributed by atoms with Gasteiger partial charge in [-0.2, -0.15) is 4.99 Å². The van der Waals surface area contributed by atoms with Crippen LogP contribution in [0.5, 0.6) is 5.75 Å². The second kappa shape index (κ2) is 8.65. The topological polar surface area (TPSA) is 96.3 Å². The zero-order valence-corrected chi connectivity index (χ0v) is 18.8. The lowest BCUT2D eigenvalue weighted by molar-refractivity contribution is -0.130. The number of ether oxygens (including phenoxy) is 1. The van der Waals surface area contributed by atoms with Gasteiger partial charge in [0.2, 0.25) is 17.6 Å². The van der Waals surface area contributed by atoms with E-state index in [4.69, 9.17) is 27.9 Å². The molecule has 0 saturated carbocycles. The van der Waals surface area contributed by atoms with Crippen LogP contribution in [-0.2, 0) is 14.4 Å². The van der Waals surface area contributed by atoms with E-state index in [1.165, 1.54) is 37.1 Å². The van der Waals surface area contributed by atoms with E-state index in [1.807, 2.05) is 0 Å². The summed E-state index contributed by atoms with van der Waals surface area (Å²) >= 11 is 12.3. The number of ketones is 1. The number of hydrogen-bond donors (Lipinski definition) is 0. The van der Waals surface area contributed by atoms with Gasteiger partial charge in [0, 0.05) is 20.2 Å². The van der Waals surface area contributed by atoms with Crippen LogP contribution < -0.4 is 4.74 Å². The molecule has 2 aliphatic heterocycles. The number of hydrogen-bond acceptors (Lipinski definition) is 5. The molecule has 0 radical (unpaired) electrons. The van der Waals surface area contributed by atoms with Crippen molar-refractivity contribution < 1.29 is 23.9 Å². The maximum atomic E-state index is 13.3. The van der Waals surface area contributed by atoms with Crippen molar-refractivity contribution in [3.63, 3.8) is 0 Å². The molecule has 0 N–H and O–H groups in total. The molecule has 4 rings (SSSR count). The number of guanidine groups is 1. The number of para-hydroxylation sites is 1. The van der Waals surface area contributed by atoms with E-state index in [0.29, 0.717) is 10.6 Å². The van der Waals surface area contributed by atoms with Gasteiger partial charge in [-0.1, -0.05) is 47.5 Å². The number of nitrogens with zero attached hydrogens (tertiary/aromatic N) is 3. The van der Waals surface area contributed by atoms with E-state index < -0.39 is 23.6 Å². The minimum Gasteiger partial charge on any atom is -0.422 e. The number of Topliss-reactive ketones (excluding diaryl/α,β-unsaturated/α-hetero) is 1. The number of fused-ring (bicyclic) bond motifs is 1. The van der Waals surface area contributed by atoms with Crippen molar-refractivity contribution in [1.29, 1.82) is 0 Å². The highest BCUT2D eigenvalue weighted by Gasteiger charge is 2.39. The minimum atomic E-state index is -0.924. The molecule has 166 valence electrons. The normalized spacial score (nSPS) is 19.5. The fourth-order valence-electron chi connectivity index (χ4n) is 3.33.